The van der Waals surface area contributed by atoms with Gasteiger partial charge in [0.1, 0.15) is 0 Å². The van der Waals surface area contributed by atoms with E-state index in [0.717, 1.165) is 23.5 Å². The van der Waals surface area contributed by atoms with Gasteiger partial charge in [-0.05, 0) is 20.2 Å². The van der Waals surface area contributed by atoms with Crippen molar-refractivity contribution in [2.45, 2.75) is 18.7 Å². The molecule has 0 saturated carbocycles. The number of para-hydroxylation sites is 1. The summed E-state index contributed by atoms with van der Waals surface area (Å²) in [5, 5.41) is 15.0. The van der Waals surface area contributed by atoms with Gasteiger partial charge in [-0.1, -0.05) is 12.1 Å². The van der Waals surface area contributed by atoms with E-state index in [1.807, 2.05) is 32.3 Å². The van der Waals surface area contributed by atoms with E-state index in [0.29, 0.717) is 13.0 Å². The molecule has 1 aromatic rings. The molecule has 100 valence electrons. The van der Waals surface area contributed by atoms with Crippen LogP contribution in [0, 0.1) is 0 Å². The Balaban J connectivity index is 2.16. The van der Waals surface area contributed by atoms with E-state index in [-0.39, 0.29) is 6.61 Å². The van der Waals surface area contributed by atoms with Crippen molar-refractivity contribution >= 4 is 0 Å². The van der Waals surface area contributed by atoms with Crippen LogP contribution in [0.1, 0.15) is 12.0 Å². The summed E-state index contributed by atoms with van der Waals surface area (Å²) in [5.74, 6) is 0.950. The molecule has 5 heteroatoms. The smallest absolute Gasteiger partial charge is 0.221 e. The minimum absolute atomic E-state index is 0.132. The van der Waals surface area contributed by atoms with Gasteiger partial charge in [0, 0.05) is 25.0 Å². The van der Waals surface area contributed by atoms with Crippen molar-refractivity contribution in [3.05, 3.63) is 23.8 Å². The van der Waals surface area contributed by atoms with Crippen LogP contribution in [0.4, 0.5) is 0 Å². The van der Waals surface area contributed by atoms with Crippen LogP contribution in [-0.2, 0) is 6.42 Å². The first-order valence-electron chi connectivity index (χ1n) is 6.17. The molecule has 0 fully saturated rings. The third-order valence-electron chi connectivity index (χ3n) is 3.14. The monoisotopic (exact) mass is 252 g/mol. The van der Waals surface area contributed by atoms with Gasteiger partial charge in [0.25, 0.3) is 0 Å². The summed E-state index contributed by atoms with van der Waals surface area (Å²) in [6.45, 7) is 0.620. The van der Waals surface area contributed by atoms with Crippen molar-refractivity contribution in [3.8, 4) is 11.5 Å². The summed E-state index contributed by atoms with van der Waals surface area (Å²) < 4.78 is 11.6. The summed E-state index contributed by atoms with van der Waals surface area (Å²) in [7, 11) is 3.71. The van der Waals surface area contributed by atoms with Crippen LogP contribution in [0.25, 0.3) is 0 Å². The Hall–Kier alpha value is -1.30. The number of likely N-dealkylation sites (N-methyl/N-ethyl adjacent to an activating group) is 2. The fourth-order valence-corrected chi connectivity index (χ4v) is 2.06. The van der Waals surface area contributed by atoms with Crippen LogP contribution in [0.15, 0.2) is 18.2 Å². The van der Waals surface area contributed by atoms with Crippen LogP contribution in [0.3, 0.4) is 0 Å². The number of nitrogens with one attached hydrogen (secondary N) is 2. The van der Waals surface area contributed by atoms with Crippen LogP contribution < -0.4 is 20.1 Å². The quantitative estimate of drug-likeness (QED) is 0.507. The van der Waals surface area contributed by atoms with E-state index in [2.05, 4.69) is 10.6 Å². The molecule has 0 unspecified atom stereocenters. The lowest BCUT2D eigenvalue weighted by Crippen LogP contribution is -2.57. The third-order valence-corrected chi connectivity index (χ3v) is 3.14. The summed E-state index contributed by atoms with van der Waals surface area (Å²) in [5.41, 5.74) is 1.11. The molecule has 1 aromatic carbocycles. The zero-order valence-corrected chi connectivity index (χ0v) is 10.8. The number of aliphatic hydroxyl groups is 1. The zero-order chi connectivity index (χ0) is 13.0. The average Bonchev–Trinajstić information content (AvgIpc) is 2.79. The highest BCUT2D eigenvalue weighted by molar-refractivity contribution is 5.50. The second kappa shape index (κ2) is 5.56. The Morgan fingerprint density at radius 2 is 2.17 bits per heavy atom. The molecule has 5 nitrogen and oxygen atoms in total. The summed E-state index contributed by atoms with van der Waals surface area (Å²) >= 11 is 0. The number of rotatable bonds is 6. The molecular formula is C13H20N2O3. The molecule has 0 aliphatic carbocycles. The van der Waals surface area contributed by atoms with Crippen LogP contribution in [0.5, 0.6) is 11.5 Å². The van der Waals surface area contributed by atoms with Crippen LogP contribution >= 0.6 is 0 Å². The summed E-state index contributed by atoms with van der Waals surface area (Å²) in [4.78, 5) is 0. The molecule has 0 radical (unpaired) electrons. The molecule has 1 aliphatic rings. The predicted octanol–water partition coefficient (Wildman–Crippen LogP) is 0.475. The van der Waals surface area contributed by atoms with E-state index in [9.17, 15) is 0 Å². The molecule has 18 heavy (non-hydrogen) atoms. The predicted molar refractivity (Wildman–Crippen MR) is 68.8 cm³/mol. The molecular weight excluding hydrogens is 232 g/mol. The maximum atomic E-state index is 8.77. The van der Waals surface area contributed by atoms with Gasteiger partial charge in [-0.25, -0.2) is 0 Å². The van der Waals surface area contributed by atoms with Gasteiger partial charge in [0.15, 0.2) is 11.5 Å². The van der Waals surface area contributed by atoms with E-state index >= 15 is 0 Å². The fraction of sp³-hybridized carbons (Fsp3) is 0.538. The average molecular weight is 252 g/mol. The first-order chi connectivity index (χ1) is 8.74. The summed E-state index contributed by atoms with van der Waals surface area (Å²) in [6, 6.07) is 5.88. The van der Waals surface area contributed by atoms with Crippen LogP contribution in [-0.4, -0.2) is 38.3 Å². The maximum absolute atomic E-state index is 8.77. The SMILES string of the molecule is CNC1(NC)Cc2cccc(OCCCO)c2O1. The number of aliphatic hydroxyl groups excluding tert-OH is 1. The highest BCUT2D eigenvalue weighted by Gasteiger charge is 2.38. The molecule has 0 atom stereocenters. The molecule has 0 bridgehead atoms. The lowest BCUT2D eigenvalue weighted by Gasteiger charge is -2.27. The lowest BCUT2D eigenvalue weighted by molar-refractivity contribution is 0.0336. The second-order valence-electron chi connectivity index (χ2n) is 4.28. The van der Waals surface area contributed by atoms with Crippen molar-refractivity contribution in [2.24, 2.45) is 0 Å². The molecule has 2 rings (SSSR count). The van der Waals surface area contributed by atoms with E-state index < -0.39 is 5.85 Å². The third kappa shape index (κ3) is 2.43. The topological polar surface area (TPSA) is 62.8 Å². The van der Waals surface area contributed by atoms with Gasteiger partial charge in [0.05, 0.1) is 6.61 Å². The van der Waals surface area contributed by atoms with Crippen molar-refractivity contribution in [1.82, 2.24) is 10.6 Å². The molecule has 0 amide bonds. The van der Waals surface area contributed by atoms with Gasteiger partial charge in [0.2, 0.25) is 5.85 Å². The maximum Gasteiger partial charge on any atom is 0.221 e. The molecule has 0 aromatic heterocycles. The molecule has 0 saturated heterocycles. The normalized spacial score (nSPS) is 16.2. The van der Waals surface area contributed by atoms with E-state index in [4.69, 9.17) is 14.6 Å². The minimum Gasteiger partial charge on any atom is -0.490 e. The molecule has 1 aliphatic heterocycles. The standard InChI is InChI=1S/C13H20N2O3/c1-14-13(15-2)9-10-5-3-6-11(12(10)18-13)17-8-4-7-16/h3,5-6,14-16H,4,7-9H2,1-2H3. The molecule has 3 N–H and O–H groups in total. The largest absolute Gasteiger partial charge is 0.490 e. The Bertz CT molecular complexity index is 405. The Labute approximate surface area is 107 Å². The Kier molecular flexibility index (Phi) is 4.06. The molecule has 1 heterocycles. The van der Waals surface area contributed by atoms with Crippen LogP contribution in [0.2, 0.25) is 0 Å². The lowest BCUT2D eigenvalue weighted by atomic mass is 10.1. The van der Waals surface area contributed by atoms with Gasteiger partial charge < -0.3 is 14.6 Å². The summed E-state index contributed by atoms with van der Waals surface area (Å²) in [6.07, 6.45) is 1.36. The number of benzene rings is 1. The highest BCUT2D eigenvalue weighted by Crippen LogP contribution is 2.40. The fourth-order valence-electron chi connectivity index (χ4n) is 2.06. The van der Waals surface area contributed by atoms with E-state index in [1.165, 1.54) is 0 Å². The van der Waals surface area contributed by atoms with Gasteiger partial charge in [-0.15, -0.1) is 0 Å². The number of hydrogen-bond acceptors (Lipinski definition) is 5. The van der Waals surface area contributed by atoms with Crippen molar-refractivity contribution < 1.29 is 14.6 Å². The first kappa shape index (κ1) is 13.1. The highest BCUT2D eigenvalue weighted by atomic mass is 16.6. The van der Waals surface area contributed by atoms with Gasteiger partial charge >= 0.3 is 0 Å². The minimum atomic E-state index is -0.557. The Morgan fingerprint density at radius 3 is 2.83 bits per heavy atom. The molecule has 0 spiro atoms. The zero-order valence-electron chi connectivity index (χ0n) is 10.8. The number of hydrogen-bond donors (Lipinski definition) is 3. The first-order valence-corrected chi connectivity index (χ1v) is 6.17. The number of fused-ring (bicyclic) bond motifs is 1. The van der Waals surface area contributed by atoms with Crippen molar-refractivity contribution in [1.29, 1.82) is 0 Å². The van der Waals surface area contributed by atoms with Crippen molar-refractivity contribution in [2.75, 3.05) is 27.3 Å². The Morgan fingerprint density at radius 1 is 1.39 bits per heavy atom. The van der Waals surface area contributed by atoms with E-state index in [1.54, 1.807) is 0 Å². The number of ether oxygens (including phenoxy) is 2. The van der Waals surface area contributed by atoms with Gasteiger partial charge in [-0.3, -0.25) is 10.6 Å². The van der Waals surface area contributed by atoms with Crippen molar-refractivity contribution in [3.63, 3.8) is 0 Å². The van der Waals surface area contributed by atoms with Gasteiger partial charge in [-0.2, -0.15) is 0 Å². The second-order valence-corrected chi connectivity index (χ2v) is 4.28.